The maximum Gasteiger partial charge on any atom is 0.316 e. The van der Waals surface area contributed by atoms with Crippen LogP contribution in [0.4, 0.5) is 5.82 Å². The second-order valence-corrected chi connectivity index (χ2v) is 9.46. The van der Waals surface area contributed by atoms with Crippen LogP contribution in [0.2, 0.25) is 0 Å². The lowest BCUT2D eigenvalue weighted by Crippen LogP contribution is -2.33. The summed E-state index contributed by atoms with van der Waals surface area (Å²) < 4.78 is 58.2. The molecule has 0 radical (unpaired) electrons. The Morgan fingerprint density at radius 1 is 1.03 bits per heavy atom. The minimum Gasteiger partial charge on any atom is -0.473 e. The Morgan fingerprint density at radius 2 is 1.81 bits per heavy atom. The maximum absolute atomic E-state index is 12.6. The highest BCUT2D eigenvalue weighted by atomic mass is 79.9. The number of hydrogen-bond acceptors (Lipinski definition) is 11. The zero-order valence-electron chi connectivity index (χ0n) is 19.1. The van der Waals surface area contributed by atoms with Crippen LogP contribution in [-0.4, -0.2) is 68.1 Å². The Balaban J connectivity index is 1.54. The first-order valence-electron chi connectivity index (χ1n) is 10.8. The van der Waals surface area contributed by atoms with Crippen molar-refractivity contribution < 1.29 is 32.1 Å². The average molecular weight is 583 g/mol. The lowest BCUT2D eigenvalue weighted by Gasteiger charge is -2.16. The Labute approximate surface area is 215 Å². The quantitative estimate of drug-likeness (QED) is 0.284. The molecule has 192 valence electrons. The smallest absolute Gasteiger partial charge is 0.316 e. The fourth-order valence-corrected chi connectivity index (χ4v) is 4.11. The molecule has 0 amide bonds. The van der Waals surface area contributed by atoms with Gasteiger partial charge in [-0.3, -0.25) is 4.72 Å². The van der Waals surface area contributed by atoms with E-state index in [0.29, 0.717) is 29.2 Å². The van der Waals surface area contributed by atoms with Crippen molar-refractivity contribution in [1.29, 1.82) is 0 Å². The second kappa shape index (κ2) is 12.1. The van der Waals surface area contributed by atoms with Gasteiger partial charge in [0.15, 0.2) is 17.3 Å². The van der Waals surface area contributed by atoms with Crippen molar-refractivity contribution in [2.45, 2.75) is 6.92 Å². The number of halogens is 1. The van der Waals surface area contributed by atoms with E-state index in [9.17, 15) is 8.42 Å². The van der Waals surface area contributed by atoms with Gasteiger partial charge in [0.2, 0.25) is 12.7 Å². The maximum atomic E-state index is 12.6. The van der Waals surface area contributed by atoms with Gasteiger partial charge in [-0.05, 0) is 40.5 Å². The minimum absolute atomic E-state index is 0.0138. The van der Waals surface area contributed by atoms with Crippen molar-refractivity contribution in [1.82, 2.24) is 24.7 Å². The Kier molecular flexibility index (Phi) is 8.69. The van der Waals surface area contributed by atoms with E-state index in [1.54, 1.807) is 30.6 Å². The number of benzene rings is 1. The van der Waals surface area contributed by atoms with E-state index in [1.807, 2.05) is 6.92 Å². The molecule has 1 aliphatic heterocycles. The van der Waals surface area contributed by atoms with Crippen LogP contribution in [0.5, 0.6) is 23.4 Å². The summed E-state index contributed by atoms with van der Waals surface area (Å²) in [6.07, 6.45) is 4.32. The van der Waals surface area contributed by atoms with Gasteiger partial charge in [-0.1, -0.05) is 6.07 Å². The highest BCUT2D eigenvalue weighted by molar-refractivity contribution is 9.10. The summed E-state index contributed by atoms with van der Waals surface area (Å²) >= 11 is 3.26. The van der Waals surface area contributed by atoms with Gasteiger partial charge in [-0.25, -0.2) is 19.9 Å². The lowest BCUT2D eigenvalue weighted by atomic mass is 10.1. The monoisotopic (exact) mass is 582 g/mol. The second-order valence-electron chi connectivity index (χ2n) is 7.05. The number of ether oxygens (including phenoxy) is 5. The molecule has 0 spiro atoms. The highest BCUT2D eigenvalue weighted by Crippen LogP contribution is 2.40. The van der Waals surface area contributed by atoms with Gasteiger partial charge < -0.3 is 23.7 Å². The van der Waals surface area contributed by atoms with Crippen LogP contribution in [0.1, 0.15) is 6.92 Å². The normalized spacial score (nSPS) is 12.4. The molecule has 2 N–H and O–H groups in total. The molecule has 3 heterocycles. The summed E-state index contributed by atoms with van der Waals surface area (Å²) in [6.45, 7) is 2.90. The third kappa shape index (κ3) is 6.90. The van der Waals surface area contributed by atoms with Crippen molar-refractivity contribution in [3.63, 3.8) is 0 Å². The van der Waals surface area contributed by atoms with Gasteiger partial charge in [-0.15, -0.1) is 0 Å². The van der Waals surface area contributed by atoms with Crippen LogP contribution in [0.3, 0.4) is 0 Å². The molecule has 13 nitrogen and oxygen atoms in total. The first kappa shape index (κ1) is 25.8. The fourth-order valence-electron chi connectivity index (χ4n) is 3.07. The molecule has 3 aromatic rings. The fraction of sp³-hybridized carbons (Fsp3) is 0.333. The van der Waals surface area contributed by atoms with Gasteiger partial charge in [0.1, 0.15) is 19.5 Å². The van der Waals surface area contributed by atoms with Crippen molar-refractivity contribution >= 4 is 32.0 Å². The summed E-state index contributed by atoms with van der Waals surface area (Å²) in [7, 11) is -3.97. The highest BCUT2D eigenvalue weighted by Gasteiger charge is 2.22. The average Bonchev–Trinajstić information content (AvgIpc) is 3.33. The Bertz CT molecular complexity index is 1280. The minimum atomic E-state index is -3.97. The van der Waals surface area contributed by atoms with Gasteiger partial charge in [0.05, 0.1) is 16.6 Å². The lowest BCUT2D eigenvalue weighted by molar-refractivity contribution is 0.153. The first-order valence-corrected chi connectivity index (χ1v) is 13.1. The topological polar surface area (TPSA) is 156 Å². The molecular formula is C21H23BrN6O7S. The summed E-state index contributed by atoms with van der Waals surface area (Å²) in [6, 6.07) is 5.32. The molecule has 15 heteroatoms. The summed E-state index contributed by atoms with van der Waals surface area (Å²) in [5, 5.41) is 0. The van der Waals surface area contributed by atoms with Crippen LogP contribution in [0.25, 0.3) is 11.1 Å². The predicted octanol–water partition coefficient (Wildman–Crippen LogP) is 2.17. The van der Waals surface area contributed by atoms with Crippen LogP contribution in [-0.2, 0) is 14.9 Å². The van der Waals surface area contributed by atoms with E-state index in [1.165, 1.54) is 6.33 Å². The molecule has 0 saturated heterocycles. The van der Waals surface area contributed by atoms with Crippen LogP contribution in [0.15, 0.2) is 41.4 Å². The molecular weight excluding hydrogens is 560 g/mol. The van der Waals surface area contributed by atoms with E-state index in [-0.39, 0.29) is 50.9 Å². The van der Waals surface area contributed by atoms with E-state index < -0.39 is 10.2 Å². The number of hydrogen-bond donors (Lipinski definition) is 2. The third-order valence-corrected chi connectivity index (χ3v) is 6.05. The van der Waals surface area contributed by atoms with E-state index in [4.69, 9.17) is 23.7 Å². The van der Waals surface area contributed by atoms with Crippen molar-refractivity contribution in [2.75, 3.05) is 44.5 Å². The molecule has 0 atom stereocenters. The zero-order chi connectivity index (χ0) is 25.4. The molecule has 1 aromatic carbocycles. The first-order chi connectivity index (χ1) is 17.4. The molecule has 0 aliphatic carbocycles. The molecule has 0 fully saturated rings. The SMILES string of the molecule is CCOCCNS(=O)(=O)Nc1ncnc(OCCOc2ncc(Br)cn2)c1-c1ccc2c(c1)OCO2. The predicted molar refractivity (Wildman–Crippen MR) is 131 cm³/mol. The van der Waals surface area contributed by atoms with Crippen molar-refractivity contribution in [2.24, 2.45) is 0 Å². The number of nitrogens with zero attached hydrogens (tertiary/aromatic N) is 4. The zero-order valence-corrected chi connectivity index (χ0v) is 21.5. The summed E-state index contributed by atoms with van der Waals surface area (Å²) in [4.78, 5) is 16.4. The molecule has 1 aliphatic rings. The molecule has 0 saturated carbocycles. The number of fused-ring (bicyclic) bond motifs is 1. The number of aromatic nitrogens is 4. The van der Waals surface area contributed by atoms with Crippen LogP contribution < -0.4 is 28.4 Å². The van der Waals surface area contributed by atoms with Gasteiger partial charge in [0, 0.05) is 25.5 Å². The van der Waals surface area contributed by atoms with E-state index in [2.05, 4.69) is 45.3 Å². The molecule has 36 heavy (non-hydrogen) atoms. The van der Waals surface area contributed by atoms with E-state index >= 15 is 0 Å². The largest absolute Gasteiger partial charge is 0.473 e. The third-order valence-electron chi connectivity index (χ3n) is 4.60. The van der Waals surface area contributed by atoms with Crippen molar-refractivity contribution in [3.8, 4) is 34.5 Å². The van der Waals surface area contributed by atoms with Crippen LogP contribution in [0, 0.1) is 0 Å². The molecule has 0 bridgehead atoms. The Hall–Kier alpha value is -3.27. The molecule has 0 unspecified atom stereocenters. The molecule has 2 aromatic heterocycles. The number of rotatable bonds is 13. The Morgan fingerprint density at radius 3 is 2.61 bits per heavy atom. The van der Waals surface area contributed by atoms with Gasteiger partial charge in [-0.2, -0.15) is 13.1 Å². The van der Waals surface area contributed by atoms with Gasteiger partial charge >= 0.3 is 6.01 Å². The number of nitrogens with one attached hydrogen (secondary N) is 2. The van der Waals surface area contributed by atoms with Crippen molar-refractivity contribution in [3.05, 3.63) is 41.4 Å². The van der Waals surface area contributed by atoms with E-state index in [0.717, 1.165) is 4.47 Å². The summed E-state index contributed by atoms with van der Waals surface area (Å²) in [5.41, 5.74) is 0.866. The standard InChI is InChI=1S/C21H23BrN6O7S/c1-2-31-6-5-27-36(29,30)28-19-18(14-3-4-16-17(9-14)35-13-34-16)20(26-12-25-19)32-7-8-33-21-23-10-15(22)11-24-21/h3-4,9-12,27H,2,5-8,13H2,1H3,(H,25,26,28). The molecule has 4 rings (SSSR count). The van der Waals surface area contributed by atoms with Crippen LogP contribution >= 0.6 is 15.9 Å². The summed E-state index contributed by atoms with van der Waals surface area (Å²) in [5.74, 6) is 1.22. The van der Waals surface area contributed by atoms with Gasteiger partial charge in [0.25, 0.3) is 10.2 Å². The number of anilines is 1.